The van der Waals surface area contributed by atoms with Crippen LogP contribution in [-0.2, 0) is 4.79 Å². The van der Waals surface area contributed by atoms with Crippen LogP contribution in [0.1, 0.15) is 45.4 Å². The molecule has 1 rings (SSSR count). The number of hydrogen-bond acceptors (Lipinski definition) is 2. The number of rotatable bonds is 5. The van der Waals surface area contributed by atoms with Crippen LogP contribution >= 0.6 is 0 Å². The molecule has 0 aliphatic heterocycles. The molecule has 0 heterocycles. The minimum Gasteiger partial charge on any atom is -0.481 e. The Morgan fingerprint density at radius 2 is 1.94 bits per heavy atom. The van der Waals surface area contributed by atoms with Crippen molar-refractivity contribution in [2.45, 2.75) is 51.5 Å². The zero-order valence-electron chi connectivity index (χ0n) is 11.3. The van der Waals surface area contributed by atoms with E-state index in [1.807, 2.05) is 7.05 Å². The molecule has 0 aromatic rings. The first-order valence-corrected chi connectivity index (χ1v) is 6.76. The molecule has 0 aromatic carbocycles. The predicted octanol–water partition coefficient (Wildman–Crippen LogP) is 2.07. The van der Waals surface area contributed by atoms with Gasteiger partial charge in [0, 0.05) is 19.6 Å². The normalized spacial score (nSPS) is 18.1. The molecule has 0 aromatic heterocycles. The van der Waals surface area contributed by atoms with Gasteiger partial charge in [0.2, 0.25) is 0 Å². The third-order valence-corrected chi connectivity index (χ3v) is 3.72. The van der Waals surface area contributed by atoms with Crippen LogP contribution in [0.3, 0.4) is 0 Å². The second-order valence-electron chi connectivity index (χ2n) is 5.16. The lowest BCUT2D eigenvalue weighted by molar-refractivity contribution is -0.141. The Morgan fingerprint density at radius 3 is 2.50 bits per heavy atom. The molecule has 0 spiro atoms. The summed E-state index contributed by atoms with van der Waals surface area (Å²) in [6.45, 7) is 2.07. The Labute approximate surface area is 109 Å². The van der Waals surface area contributed by atoms with Gasteiger partial charge in [0.05, 0.1) is 5.92 Å². The van der Waals surface area contributed by atoms with E-state index in [0.29, 0.717) is 19.0 Å². The molecule has 0 bridgehead atoms. The zero-order valence-corrected chi connectivity index (χ0v) is 11.3. The number of urea groups is 1. The monoisotopic (exact) mass is 256 g/mol. The molecule has 0 saturated heterocycles. The summed E-state index contributed by atoms with van der Waals surface area (Å²) in [5.41, 5.74) is 0. The fourth-order valence-electron chi connectivity index (χ4n) is 2.28. The molecule has 18 heavy (non-hydrogen) atoms. The quantitative estimate of drug-likeness (QED) is 0.791. The van der Waals surface area contributed by atoms with Gasteiger partial charge in [-0.3, -0.25) is 4.79 Å². The van der Waals surface area contributed by atoms with E-state index in [1.54, 1.807) is 11.8 Å². The van der Waals surface area contributed by atoms with Crippen LogP contribution in [0, 0.1) is 5.92 Å². The van der Waals surface area contributed by atoms with E-state index in [2.05, 4.69) is 5.32 Å². The van der Waals surface area contributed by atoms with Crippen molar-refractivity contribution in [3.05, 3.63) is 0 Å². The number of nitrogens with zero attached hydrogens (tertiary/aromatic N) is 1. The van der Waals surface area contributed by atoms with Crippen molar-refractivity contribution < 1.29 is 14.7 Å². The molecule has 104 valence electrons. The van der Waals surface area contributed by atoms with Gasteiger partial charge in [-0.25, -0.2) is 4.79 Å². The Balaban J connectivity index is 2.24. The average Bonchev–Trinajstić information content (AvgIpc) is 2.38. The predicted molar refractivity (Wildman–Crippen MR) is 69.5 cm³/mol. The molecule has 1 unspecified atom stereocenters. The van der Waals surface area contributed by atoms with E-state index in [1.165, 1.54) is 19.3 Å². The summed E-state index contributed by atoms with van der Waals surface area (Å²) in [6.07, 6.45) is 6.28. The summed E-state index contributed by atoms with van der Waals surface area (Å²) in [5, 5.41) is 11.5. The Bertz CT molecular complexity index is 288. The molecule has 1 atom stereocenters. The van der Waals surface area contributed by atoms with Crippen LogP contribution in [0.2, 0.25) is 0 Å². The van der Waals surface area contributed by atoms with Gasteiger partial charge in [-0.1, -0.05) is 26.2 Å². The molecule has 2 amide bonds. The Kier molecular flexibility index (Phi) is 5.95. The van der Waals surface area contributed by atoms with Crippen LogP contribution < -0.4 is 5.32 Å². The number of carbonyl (C=O) groups excluding carboxylic acids is 1. The first-order valence-electron chi connectivity index (χ1n) is 6.76. The van der Waals surface area contributed by atoms with Gasteiger partial charge in [0.25, 0.3) is 0 Å². The molecule has 1 fully saturated rings. The first kappa shape index (κ1) is 14.8. The van der Waals surface area contributed by atoms with E-state index < -0.39 is 11.9 Å². The Morgan fingerprint density at radius 1 is 1.33 bits per heavy atom. The van der Waals surface area contributed by atoms with Crippen molar-refractivity contribution in [2.24, 2.45) is 5.92 Å². The number of hydrogen-bond donors (Lipinski definition) is 2. The maximum Gasteiger partial charge on any atom is 0.317 e. The number of carboxylic acids is 1. The van der Waals surface area contributed by atoms with Crippen molar-refractivity contribution in [1.82, 2.24) is 10.2 Å². The van der Waals surface area contributed by atoms with Gasteiger partial charge in [0.1, 0.15) is 0 Å². The van der Waals surface area contributed by atoms with Gasteiger partial charge < -0.3 is 15.3 Å². The third kappa shape index (κ3) is 4.55. The molecule has 1 aliphatic rings. The van der Waals surface area contributed by atoms with Crippen molar-refractivity contribution in [2.75, 3.05) is 13.6 Å². The molecule has 1 saturated carbocycles. The van der Waals surface area contributed by atoms with E-state index in [-0.39, 0.29) is 6.03 Å². The summed E-state index contributed by atoms with van der Waals surface area (Å²) in [7, 11) is 1.83. The standard InChI is InChI=1S/C13H24N2O3/c1-10(12(16)17)8-9-14-13(18)15(2)11-6-4-3-5-7-11/h10-11H,3-9H2,1-2H3,(H,14,18)(H,16,17). The number of aliphatic carboxylic acids is 1. The minimum atomic E-state index is -0.815. The highest BCUT2D eigenvalue weighted by Gasteiger charge is 2.21. The highest BCUT2D eigenvalue weighted by Crippen LogP contribution is 2.21. The molecular formula is C13H24N2O3. The van der Waals surface area contributed by atoms with E-state index in [9.17, 15) is 9.59 Å². The van der Waals surface area contributed by atoms with Gasteiger partial charge in [-0.15, -0.1) is 0 Å². The van der Waals surface area contributed by atoms with Crippen LogP contribution in [0.15, 0.2) is 0 Å². The molecule has 5 nitrogen and oxygen atoms in total. The molecule has 0 radical (unpaired) electrons. The highest BCUT2D eigenvalue weighted by atomic mass is 16.4. The number of carbonyl (C=O) groups is 2. The SMILES string of the molecule is CC(CCNC(=O)N(C)C1CCCCC1)C(=O)O. The molecule has 1 aliphatic carbocycles. The highest BCUT2D eigenvalue weighted by molar-refractivity contribution is 5.74. The van der Waals surface area contributed by atoms with Gasteiger partial charge in [0.15, 0.2) is 0 Å². The van der Waals surface area contributed by atoms with Crippen LogP contribution in [-0.4, -0.2) is 41.6 Å². The zero-order chi connectivity index (χ0) is 13.5. The molecule has 2 N–H and O–H groups in total. The minimum absolute atomic E-state index is 0.0838. The van der Waals surface area contributed by atoms with Crippen LogP contribution in [0.25, 0.3) is 0 Å². The lowest BCUT2D eigenvalue weighted by Crippen LogP contribution is -2.44. The van der Waals surface area contributed by atoms with Crippen molar-refractivity contribution in [3.8, 4) is 0 Å². The average molecular weight is 256 g/mol. The second kappa shape index (κ2) is 7.24. The van der Waals surface area contributed by atoms with Crippen LogP contribution in [0.4, 0.5) is 4.79 Å². The summed E-state index contributed by atoms with van der Waals surface area (Å²) in [5.74, 6) is -1.23. The summed E-state index contributed by atoms with van der Waals surface area (Å²) >= 11 is 0. The summed E-state index contributed by atoms with van der Waals surface area (Å²) in [4.78, 5) is 24.3. The van der Waals surface area contributed by atoms with Gasteiger partial charge >= 0.3 is 12.0 Å². The first-order chi connectivity index (χ1) is 8.52. The maximum atomic E-state index is 11.9. The topological polar surface area (TPSA) is 69.6 Å². The van der Waals surface area contributed by atoms with Gasteiger partial charge in [-0.2, -0.15) is 0 Å². The Hall–Kier alpha value is -1.26. The fraction of sp³-hybridized carbons (Fsp3) is 0.846. The molecular weight excluding hydrogens is 232 g/mol. The van der Waals surface area contributed by atoms with E-state index >= 15 is 0 Å². The van der Waals surface area contributed by atoms with Crippen molar-refractivity contribution >= 4 is 12.0 Å². The number of carboxylic acid groups (broad SMARTS) is 1. The second-order valence-corrected chi connectivity index (χ2v) is 5.16. The van der Waals surface area contributed by atoms with Gasteiger partial charge in [-0.05, 0) is 19.3 Å². The fourth-order valence-corrected chi connectivity index (χ4v) is 2.28. The van der Waals surface area contributed by atoms with E-state index in [4.69, 9.17) is 5.11 Å². The largest absolute Gasteiger partial charge is 0.481 e. The number of amides is 2. The van der Waals surface area contributed by atoms with E-state index in [0.717, 1.165) is 12.8 Å². The van der Waals surface area contributed by atoms with Crippen molar-refractivity contribution in [3.63, 3.8) is 0 Å². The lowest BCUT2D eigenvalue weighted by Gasteiger charge is -2.31. The summed E-state index contributed by atoms with van der Waals surface area (Å²) < 4.78 is 0. The number of nitrogens with one attached hydrogen (secondary N) is 1. The molecule has 5 heteroatoms. The summed E-state index contributed by atoms with van der Waals surface area (Å²) in [6, 6.07) is 0.259. The van der Waals surface area contributed by atoms with Crippen molar-refractivity contribution in [1.29, 1.82) is 0 Å². The lowest BCUT2D eigenvalue weighted by atomic mass is 9.95. The third-order valence-electron chi connectivity index (χ3n) is 3.72. The maximum absolute atomic E-state index is 11.9. The smallest absolute Gasteiger partial charge is 0.317 e. The van der Waals surface area contributed by atoms with Crippen LogP contribution in [0.5, 0.6) is 0 Å².